The van der Waals surface area contributed by atoms with Gasteiger partial charge < -0.3 is 25.2 Å². The number of thiocarbonyl (C=S) groups is 1. The van der Waals surface area contributed by atoms with Gasteiger partial charge in [-0.2, -0.15) is 0 Å². The van der Waals surface area contributed by atoms with Gasteiger partial charge in [0.1, 0.15) is 5.82 Å². The van der Waals surface area contributed by atoms with Crippen LogP contribution in [0, 0.1) is 0 Å². The molecule has 2 aliphatic heterocycles. The Hall–Kier alpha value is -1.44. The molecule has 2 saturated heterocycles. The molecule has 7 heteroatoms. The second-order valence-corrected chi connectivity index (χ2v) is 6.57. The first-order chi connectivity index (χ1) is 11.2. The topological polar surface area (TPSA) is 52.7 Å². The van der Waals surface area contributed by atoms with E-state index in [2.05, 4.69) is 38.5 Å². The molecule has 1 aromatic heterocycles. The predicted octanol–water partition coefficient (Wildman–Crippen LogP) is 1.30. The van der Waals surface area contributed by atoms with Crippen molar-refractivity contribution in [1.29, 1.82) is 0 Å². The van der Waals surface area contributed by atoms with Crippen LogP contribution < -0.4 is 15.5 Å². The summed E-state index contributed by atoms with van der Waals surface area (Å²) in [5, 5.41) is 7.01. The molecule has 2 aliphatic rings. The molecule has 2 fully saturated rings. The number of piperazine rings is 1. The number of anilines is 2. The summed E-state index contributed by atoms with van der Waals surface area (Å²) < 4.78 is 5.57. The van der Waals surface area contributed by atoms with Crippen LogP contribution in [0.25, 0.3) is 0 Å². The molecule has 3 rings (SSSR count). The highest BCUT2D eigenvalue weighted by Gasteiger charge is 2.16. The molecule has 0 aromatic carbocycles. The number of aromatic nitrogens is 1. The van der Waals surface area contributed by atoms with E-state index in [-0.39, 0.29) is 6.10 Å². The normalized spacial score (nSPS) is 22.1. The van der Waals surface area contributed by atoms with Crippen molar-refractivity contribution < 1.29 is 4.74 Å². The van der Waals surface area contributed by atoms with Crippen LogP contribution in [0.2, 0.25) is 0 Å². The Bertz CT molecular complexity index is 510. The Kier molecular flexibility index (Phi) is 5.64. The predicted molar refractivity (Wildman–Crippen MR) is 97.1 cm³/mol. The highest BCUT2D eigenvalue weighted by molar-refractivity contribution is 7.80. The van der Waals surface area contributed by atoms with Crippen LogP contribution in [0.1, 0.15) is 12.8 Å². The summed E-state index contributed by atoms with van der Waals surface area (Å²) in [6.07, 6.45) is 4.38. The SMILES string of the molecule is CN1CCN(c2ccc(NC(=S)NC[C@@H]3CCCO3)cn2)CC1. The monoisotopic (exact) mass is 335 g/mol. The van der Waals surface area contributed by atoms with E-state index in [1.165, 1.54) is 0 Å². The van der Waals surface area contributed by atoms with Crippen molar-refractivity contribution in [2.75, 3.05) is 56.6 Å². The fraction of sp³-hybridized carbons (Fsp3) is 0.625. The summed E-state index contributed by atoms with van der Waals surface area (Å²) in [4.78, 5) is 9.21. The average molecular weight is 335 g/mol. The van der Waals surface area contributed by atoms with Gasteiger partial charge in [0, 0.05) is 39.3 Å². The third kappa shape index (κ3) is 4.76. The maximum Gasteiger partial charge on any atom is 0.170 e. The Labute approximate surface area is 143 Å². The molecule has 0 radical (unpaired) electrons. The van der Waals surface area contributed by atoms with Gasteiger partial charge in [0.05, 0.1) is 18.0 Å². The first-order valence-electron chi connectivity index (χ1n) is 8.27. The molecular formula is C16H25N5OS. The van der Waals surface area contributed by atoms with Gasteiger partial charge in [-0.1, -0.05) is 0 Å². The van der Waals surface area contributed by atoms with Crippen LogP contribution in [0.5, 0.6) is 0 Å². The Balaban J connectivity index is 1.46. The molecule has 1 aromatic rings. The van der Waals surface area contributed by atoms with Gasteiger partial charge in [-0.3, -0.25) is 0 Å². The fourth-order valence-electron chi connectivity index (χ4n) is 2.87. The van der Waals surface area contributed by atoms with E-state index in [0.717, 1.165) is 63.7 Å². The molecular weight excluding hydrogens is 310 g/mol. The van der Waals surface area contributed by atoms with Crippen LogP contribution in [0.4, 0.5) is 11.5 Å². The van der Waals surface area contributed by atoms with Crippen molar-refractivity contribution in [3.8, 4) is 0 Å². The number of rotatable bonds is 4. The number of ether oxygens (including phenoxy) is 1. The van der Waals surface area contributed by atoms with Gasteiger partial charge in [-0.05, 0) is 44.2 Å². The second-order valence-electron chi connectivity index (χ2n) is 6.17. The summed E-state index contributed by atoms with van der Waals surface area (Å²) in [6, 6.07) is 4.08. The summed E-state index contributed by atoms with van der Waals surface area (Å²) in [6.45, 7) is 5.84. The van der Waals surface area contributed by atoms with Gasteiger partial charge in [-0.15, -0.1) is 0 Å². The van der Waals surface area contributed by atoms with Crippen molar-refractivity contribution in [1.82, 2.24) is 15.2 Å². The van der Waals surface area contributed by atoms with Gasteiger partial charge >= 0.3 is 0 Å². The lowest BCUT2D eigenvalue weighted by atomic mass is 10.2. The van der Waals surface area contributed by atoms with Crippen molar-refractivity contribution in [2.24, 2.45) is 0 Å². The maximum atomic E-state index is 5.57. The number of pyridine rings is 1. The number of nitrogens with zero attached hydrogens (tertiary/aromatic N) is 3. The highest BCUT2D eigenvalue weighted by atomic mass is 32.1. The summed E-state index contributed by atoms with van der Waals surface area (Å²) in [5.41, 5.74) is 0.910. The van der Waals surface area contributed by atoms with Gasteiger partial charge in [0.2, 0.25) is 0 Å². The zero-order chi connectivity index (χ0) is 16.1. The van der Waals surface area contributed by atoms with Gasteiger partial charge in [-0.25, -0.2) is 4.98 Å². The molecule has 2 N–H and O–H groups in total. The van der Waals surface area contributed by atoms with Crippen molar-refractivity contribution >= 4 is 28.8 Å². The first-order valence-corrected chi connectivity index (χ1v) is 8.67. The second kappa shape index (κ2) is 7.90. The molecule has 0 spiro atoms. The third-order valence-corrected chi connectivity index (χ3v) is 4.59. The van der Waals surface area contributed by atoms with Crippen molar-refractivity contribution in [3.63, 3.8) is 0 Å². The molecule has 1 atom stereocenters. The lowest BCUT2D eigenvalue weighted by Crippen LogP contribution is -2.44. The van der Waals surface area contributed by atoms with E-state index in [4.69, 9.17) is 17.0 Å². The third-order valence-electron chi connectivity index (χ3n) is 4.35. The van der Waals surface area contributed by atoms with E-state index in [1.807, 2.05) is 12.3 Å². The maximum absolute atomic E-state index is 5.57. The van der Waals surface area contributed by atoms with Crippen LogP contribution in [-0.4, -0.2) is 67.5 Å². The summed E-state index contributed by atoms with van der Waals surface area (Å²) >= 11 is 5.32. The molecule has 126 valence electrons. The van der Waals surface area contributed by atoms with Crippen LogP contribution in [0.3, 0.4) is 0 Å². The van der Waals surface area contributed by atoms with E-state index in [1.54, 1.807) is 0 Å². The van der Waals surface area contributed by atoms with Crippen LogP contribution in [-0.2, 0) is 4.74 Å². The number of hydrogen-bond acceptors (Lipinski definition) is 5. The van der Waals surface area contributed by atoms with E-state index < -0.39 is 0 Å². The molecule has 0 bridgehead atoms. The minimum Gasteiger partial charge on any atom is -0.376 e. The average Bonchev–Trinajstić information content (AvgIpc) is 3.08. The molecule has 6 nitrogen and oxygen atoms in total. The Morgan fingerprint density at radius 3 is 2.83 bits per heavy atom. The number of likely N-dealkylation sites (N-methyl/N-ethyl adjacent to an activating group) is 1. The zero-order valence-electron chi connectivity index (χ0n) is 13.6. The van der Waals surface area contributed by atoms with E-state index >= 15 is 0 Å². The fourth-order valence-corrected chi connectivity index (χ4v) is 3.07. The summed E-state index contributed by atoms with van der Waals surface area (Å²) in [5.74, 6) is 1.03. The molecule has 0 saturated carbocycles. The number of nitrogens with one attached hydrogen (secondary N) is 2. The summed E-state index contributed by atoms with van der Waals surface area (Å²) in [7, 11) is 2.16. The minimum absolute atomic E-state index is 0.285. The molecule has 0 aliphatic carbocycles. The van der Waals surface area contributed by atoms with Crippen LogP contribution >= 0.6 is 12.2 Å². The zero-order valence-corrected chi connectivity index (χ0v) is 14.4. The Morgan fingerprint density at radius 1 is 1.35 bits per heavy atom. The quantitative estimate of drug-likeness (QED) is 0.804. The standard InChI is InChI=1S/C16H25N5OS/c1-20-6-8-21(9-7-20)15-5-4-13(11-17-15)19-16(23)18-12-14-3-2-10-22-14/h4-5,11,14H,2-3,6-10,12H2,1H3,(H2,18,19,23)/t14-/m0/s1. The van der Waals surface area contributed by atoms with Crippen molar-refractivity contribution in [3.05, 3.63) is 18.3 Å². The highest BCUT2D eigenvalue weighted by Crippen LogP contribution is 2.16. The van der Waals surface area contributed by atoms with Gasteiger partial charge in [0.25, 0.3) is 0 Å². The lowest BCUT2D eigenvalue weighted by Gasteiger charge is -2.33. The Morgan fingerprint density at radius 2 is 2.17 bits per heavy atom. The van der Waals surface area contributed by atoms with E-state index in [0.29, 0.717) is 5.11 Å². The molecule has 3 heterocycles. The first kappa shape index (κ1) is 16.4. The minimum atomic E-state index is 0.285. The molecule has 0 amide bonds. The van der Waals surface area contributed by atoms with Gasteiger partial charge in [0.15, 0.2) is 5.11 Å². The largest absolute Gasteiger partial charge is 0.376 e. The lowest BCUT2D eigenvalue weighted by molar-refractivity contribution is 0.114. The smallest absolute Gasteiger partial charge is 0.170 e. The molecule has 23 heavy (non-hydrogen) atoms. The molecule has 0 unspecified atom stereocenters. The number of hydrogen-bond donors (Lipinski definition) is 2. The van der Waals surface area contributed by atoms with E-state index in [9.17, 15) is 0 Å². The van der Waals surface area contributed by atoms with Crippen molar-refractivity contribution in [2.45, 2.75) is 18.9 Å². The van der Waals surface area contributed by atoms with Crippen LogP contribution in [0.15, 0.2) is 18.3 Å².